The van der Waals surface area contributed by atoms with Crippen LogP contribution in [-0.4, -0.2) is 16.1 Å². The summed E-state index contributed by atoms with van der Waals surface area (Å²) in [4.78, 5) is 2.19. The van der Waals surface area contributed by atoms with Crippen LogP contribution in [0.2, 0.25) is 0 Å². The highest BCUT2D eigenvalue weighted by Gasteiger charge is 2.25. The van der Waals surface area contributed by atoms with Gasteiger partial charge in [0.1, 0.15) is 28.2 Å². The summed E-state index contributed by atoms with van der Waals surface area (Å²) in [6.45, 7) is 3.87. The van der Waals surface area contributed by atoms with Gasteiger partial charge in [0.2, 0.25) is 0 Å². The van der Waals surface area contributed by atoms with E-state index in [4.69, 9.17) is 12.2 Å². The van der Waals surface area contributed by atoms with Crippen LogP contribution < -0.4 is 5.32 Å². The lowest BCUT2D eigenvalue weighted by Gasteiger charge is -2.33. The number of aromatic nitrogens is 1. The fourth-order valence-electron chi connectivity index (χ4n) is 3.65. The summed E-state index contributed by atoms with van der Waals surface area (Å²) in [5, 5.41) is 23.2. The monoisotopic (exact) mass is 397 g/mol. The maximum atomic E-state index is 9.94. The van der Waals surface area contributed by atoms with E-state index >= 15 is 0 Å². The number of hydrogen-bond acceptors (Lipinski definition) is 5. The van der Waals surface area contributed by atoms with Gasteiger partial charge in [-0.25, -0.2) is 0 Å². The molecule has 0 atom stereocenters. The molecule has 142 valence electrons. The maximum absolute atomic E-state index is 9.94. The number of benzene rings is 2. The first kappa shape index (κ1) is 18.9. The molecule has 1 aliphatic rings. The molecule has 2 heterocycles. The van der Waals surface area contributed by atoms with Gasteiger partial charge in [-0.3, -0.25) is 4.90 Å². The van der Waals surface area contributed by atoms with Crippen molar-refractivity contribution in [3.63, 3.8) is 0 Å². The minimum Gasteiger partial charge on any atom is -0.357 e. The summed E-state index contributed by atoms with van der Waals surface area (Å²) >= 11 is 5.68. The molecule has 0 unspecified atom stereocenters. The van der Waals surface area contributed by atoms with Gasteiger partial charge in [-0.05, 0) is 18.1 Å². The van der Waals surface area contributed by atoms with Crippen molar-refractivity contribution in [1.29, 1.82) is 10.5 Å². The topological polar surface area (TPSA) is 67.8 Å². The quantitative estimate of drug-likeness (QED) is 0.644. The highest BCUT2D eigenvalue weighted by atomic mass is 32.1. The number of fused-ring (bicyclic) bond motifs is 1. The van der Waals surface area contributed by atoms with E-state index < -0.39 is 0 Å². The predicted molar refractivity (Wildman–Crippen MR) is 115 cm³/mol. The van der Waals surface area contributed by atoms with E-state index in [1.807, 2.05) is 54.0 Å². The first-order valence-electron chi connectivity index (χ1n) is 9.30. The molecule has 0 aliphatic carbocycles. The lowest BCUT2D eigenvalue weighted by molar-refractivity contribution is 0.208. The van der Waals surface area contributed by atoms with Crippen molar-refractivity contribution in [3.05, 3.63) is 81.5 Å². The first-order chi connectivity index (χ1) is 14.1. The molecular formula is C23H19N5S. The molecule has 2 aromatic carbocycles. The number of aryl methyl sites for hydroxylation is 1. The van der Waals surface area contributed by atoms with Crippen LogP contribution >= 0.6 is 12.2 Å². The second kappa shape index (κ2) is 7.89. The zero-order valence-electron chi connectivity index (χ0n) is 16.0. The van der Waals surface area contributed by atoms with Crippen LogP contribution in [0.1, 0.15) is 22.3 Å². The Morgan fingerprint density at radius 1 is 1.00 bits per heavy atom. The molecule has 5 nitrogen and oxygen atoms in total. The SMILES string of the molecule is Cc1ccc(-c2c(C#N)c3n(c(=S)c2C#N)CN(Cc2ccccc2)CN3)cc1. The summed E-state index contributed by atoms with van der Waals surface area (Å²) in [5.41, 5.74) is 4.57. The normalized spacial score (nSPS) is 13.1. The summed E-state index contributed by atoms with van der Waals surface area (Å²) < 4.78 is 2.30. The van der Waals surface area contributed by atoms with Gasteiger partial charge >= 0.3 is 0 Å². The van der Waals surface area contributed by atoms with Crippen LogP contribution in [0.15, 0.2) is 54.6 Å². The third kappa shape index (κ3) is 3.52. The van der Waals surface area contributed by atoms with Crippen LogP contribution in [0.25, 0.3) is 11.1 Å². The molecule has 0 saturated carbocycles. The fourth-order valence-corrected chi connectivity index (χ4v) is 3.94. The van der Waals surface area contributed by atoms with E-state index in [2.05, 4.69) is 34.5 Å². The molecule has 4 rings (SSSR count). The molecule has 1 N–H and O–H groups in total. The van der Waals surface area contributed by atoms with Crippen molar-refractivity contribution in [2.45, 2.75) is 20.1 Å². The van der Waals surface area contributed by atoms with Crippen LogP contribution in [0.3, 0.4) is 0 Å². The van der Waals surface area contributed by atoms with Crippen molar-refractivity contribution in [2.75, 3.05) is 12.0 Å². The molecule has 0 amide bonds. The smallest absolute Gasteiger partial charge is 0.128 e. The van der Waals surface area contributed by atoms with Gasteiger partial charge in [-0.15, -0.1) is 0 Å². The largest absolute Gasteiger partial charge is 0.357 e. The van der Waals surface area contributed by atoms with Gasteiger partial charge in [-0.1, -0.05) is 72.4 Å². The molecule has 0 spiro atoms. The van der Waals surface area contributed by atoms with Gasteiger partial charge in [0, 0.05) is 12.1 Å². The van der Waals surface area contributed by atoms with Crippen molar-refractivity contribution in [2.24, 2.45) is 0 Å². The highest BCUT2D eigenvalue weighted by Crippen LogP contribution is 2.35. The van der Waals surface area contributed by atoms with Gasteiger partial charge in [0.15, 0.2) is 0 Å². The number of pyridine rings is 1. The zero-order valence-corrected chi connectivity index (χ0v) is 16.8. The number of nitrogens with one attached hydrogen (secondary N) is 1. The maximum Gasteiger partial charge on any atom is 0.128 e. The predicted octanol–water partition coefficient (Wildman–Crippen LogP) is 4.78. The minimum absolute atomic E-state index is 0.368. The van der Waals surface area contributed by atoms with E-state index in [9.17, 15) is 10.5 Å². The van der Waals surface area contributed by atoms with Crippen molar-refractivity contribution < 1.29 is 0 Å². The fraction of sp³-hybridized carbons (Fsp3) is 0.174. The third-order valence-corrected chi connectivity index (χ3v) is 5.51. The Morgan fingerprint density at radius 2 is 1.69 bits per heavy atom. The number of rotatable bonds is 3. The molecular weight excluding hydrogens is 378 g/mol. The van der Waals surface area contributed by atoms with Crippen LogP contribution in [0.5, 0.6) is 0 Å². The Bertz CT molecular complexity index is 1200. The van der Waals surface area contributed by atoms with Gasteiger partial charge in [-0.2, -0.15) is 10.5 Å². The van der Waals surface area contributed by atoms with Crippen molar-refractivity contribution in [3.8, 4) is 23.3 Å². The molecule has 29 heavy (non-hydrogen) atoms. The molecule has 0 fully saturated rings. The number of nitrogens with zero attached hydrogens (tertiary/aromatic N) is 4. The van der Waals surface area contributed by atoms with E-state index in [0.29, 0.717) is 40.5 Å². The number of nitriles is 2. The molecule has 1 aliphatic heterocycles. The van der Waals surface area contributed by atoms with Gasteiger partial charge in [0.25, 0.3) is 0 Å². The lowest BCUT2D eigenvalue weighted by Crippen LogP contribution is -2.38. The molecule has 3 aromatic rings. The Morgan fingerprint density at radius 3 is 2.34 bits per heavy atom. The Kier molecular flexibility index (Phi) is 5.14. The van der Waals surface area contributed by atoms with E-state index in [1.165, 1.54) is 5.56 Å². The summed E-state index contributed by atoms with van der Waals surface area (Å²) in [6.07, 6.45) is 0. The average molecular weight is 398 g/mol. The molecule has 0 bridgehead atoms. The summed E-state index contributed by atoms with van der Waals surface area (Å²) in [5.74, 6) is 0.677. The third-order valence-electron chi connectivity index (χ3n) is 5.09. The number of anilines is 1. The Balaban J connectivity index is 1.81. The Labute approximate surface area is 175 Å². The van der Waals surface area contributed by atoms with Gasteiger partial charge in [0.05, 0.1) is 18.9 Å². The van der Waals surface area contributed by atoms with Crippen molar-refractivity contribution >= 4 is 18.0 Å². The molecule has 0 radical (unpaired) electrons. The standard InChI is InChI=1S/C23H19N5S/c1-16-7-9-18(10-8-16)21-19(11-24)22-26-14-27(13-17-5-3-2-4-6-17)15-28(22)23(29)20(21)12-25/h2-10,26H,13-15H2,1H3. The van der Waals surface area contributed by atoms with Crippen LogP contribution in [0, 0.1) is 34.2 Å². The second-order valence-electron chi connectivity index (χ2n) is 7.09. The Hall–Kier alpha value is -3.45. The lowest BCUT2D eigenvalue weighted by atomic mass is 9.95. The highest BCUT2D eigenvalue weighted by molar-refractivity contribution is 7.71. The first-order valence-corrected chi connectivity index (χ1v) is 9.71. The second-order valence-corrected chi connectivity index (χ2v) is 7.47. The summed E-state index contributed by atoms with van der Waals surface area (Å²) in [7, 11) is 0. The number of hydrogen-bond donors (Lipinski definition) is 1. The minimum atomic E-state index is 0.368. The van der Waals surface area contributed by atoms with E-state index in [0.717, 1.165) is 17.7 Å². The molecule has 6 heteroatoms. The molecule has 0 saturated heterocycles. The van der Waals surface area contributed by atoms with Gasteiger partial charge < -0.3 is 9.88 Å². The average Bonchev–Trinajstić information content (AvgIpc) is 2.75. The summed E-state index contributed by atoms with van der Waals surface area (Å²) in [6, 6.07) is 22.5. The van der Waals surface area contributed by atoms with E-state index in [-0.39, 0.29) is 0 Å². The molecule has 1 aromatic heterocycles. The zero-order chi connectivity index (χ0) is 20.4. The van der Waals surface area contributed by atoms with Crippen LogP contribution in [-0.2, 0) is 13.2 Å². The van der Waals surface area contributed by atoms with Crippen LogP contribution in [0.4, 0.5) is 5.82 Å². The van der Waals surface area contributed by atoms with Crippen molar-refractivity contribution in [1.82, 2.24) is 9.47 Å². The van der Waals surface area contributed by atoms with E-state index in [1.54, 1.807) is 0 Å².